The zero-order chi connectivity index (χ0) is 25.5. The number of furan rings is 1. The molecular formula is C24H17ClN2O7S. The Morgan fingerprint density at radius 3 is 2.34 bits per heavy atom. The Kier molecular flexibility index (Phi) is 6.18. The lowest BCUT2D eigenvalue weighted by molar-refractivity contribution is -0.384. The van der Waals surface area contributed by atoms with Gasteiger partial charge in [0.2, 0.25) is 0 Å². The second-order valence-corrected chi connectivity index (χ2v) is 9.83. The molecule has 9 nitrogen and oxygen atoms in total. The van der Waals surface area contributed by atoms with Gasteiger partial charge in [0.1, 0.15) is 11.3 Å². The molecule has 0 unspecified atom stereocenters. The molecule has 0 N–H and O–H groups in total. The fraction of sp³-hybridized carbons (Fsp3) is 0.0833. The molecule has 0 aliphatic rings. The molecule has 1 heterocycles. The van der Waals surface area contributed by atoms with Gasteiger partial charge in [0, 0.05) is 28.1 Å². The molecule has 4 rings (SSSR count). The highest BCUT2D eigenvalue weighted by molar-refractivity contribution is 7.93. The fourth-order valence-corrected chi connectivity index (χ4v) is 5.25. The smallest absolute Gasteiger partial charge is 0.272 e. The summed E-state index contributed by atoms with van der Waals surface area (Å²) in [6.07, 6.45) is 0. The van der Waals surface area contributed by atoms with E-state index in [2.05, 4.69) is 0 Å². The fourth-order valence-electron chi connectivity index (χ4n) is 3.72. The van der Waals surface area contributed by atoms with E-state index in [0.717, 1.165) is 6.07 Å². The Hall–Kier alpha value is -4.02. The molecule has 0 atom stereocenters. The standard InChI is InChI=1S/C24H17ClN2O7S/c1-14(28)23-15(2)34-22-11-8-18(13-21(22)23)26(35(32,33)20-9-6-17(25)7-10-20)24(29)16-4-3-5-19(12-16)27(30)31/h3-13H,1-2H3. The summed E-state index contributed by atoms with van der Waals surface area (Å²) in [4.78, 5) is 36.1. The van der Waals surface area contributed by atoms with Crippen molar-refractivity contribution in [3.63, 3.8) is 0 Å². The van der Waals surface area contributed by atoms with Gasteiger partial charge in [-0.05, 0) is 62.4 Å². The van der Waals surface area contributed by atoms with Crippen molar-refractivity contribution in [1.29, 1.82) is 0 Å². The van der Waals surface area contributed by atoms with Gasteiger partial charge in [0.05, 0.1) is 21.1 Å². The van der Waals surface area contributed by atoms with E-state index >= 15 is 0 Å². The minimum absolute atomic E-state index is 0.0766. The number of hydrogen-bond donors (Lipinski definition) is 0. The normalized spacial score (nSPS) is 11.4. The molecule has 0 aliphatic carbocycles. The average molecular weight is 513 g/mol. The molecule has 1 amide bonds. The van der Waals surface area contributed by atoms with Crippen LogP contribution in [0.25, 0.3) is 11.0 Å². The van der Waals surface area contributed by atoms with Gasteiger partial charge in [-0.25, -0.2) is 8.42 Å². The summed E-state index contributed by atoms with van der Waals surface area (Å²) in [6, 6.07) is 14.1. The van der Waals surface area contributed by atoms with Gasteiger partial charge in [-0.2, -0.15) is 4.31 Å². The third-order valence-corrected chi connectivity index (χ3v) is 7.25. The summed E-state index contributed by atoms with van der Waals surface area (Å²) in [5, 5.41) is 11.8. The largest absolute Gasteiger partial charge is 0.461 e. The summed E-state index contributed by atoms with van der Waals surface area (Å²) < 4.78 is 33.5. The van der Waals surface area contributed by atoms with Crippen molar-refractivity contribution in [2.45, 2.75) is 18.7 Å². The van der Waals surface area contributed by atoms with Crippen LogP contribution >= 0.6 is 11.6 Å². The van der Waals surface area contributed by atoms with Crippen LogP contribution in [0.2, 0.25) is 5.02 Å². The lowest BCUT2D eigenvalue weighted by Gasteiger charge is -2.23. The number of hydrogen-bond acceptors (Lipinski definition) is 7. The predicted octanol–water partition coefficient (Wildman–Crippen LogP) is 5.54. The number of fused-ring (bicyclic) bond motifs is 1. The zero-order valence-corrected chi connectivity index (χ0v) is 20.0. The topological polar surface area (TPSA) is 128 Å². The summed E-state index contributed by atoms with van der Waals surface area (Å²) in [7, 11) is -4.51. The van der Waals surface area contributed by atoms with Crippen molar-refractivity contribution in [3.05, 3.63) is 98.8 Å². The number of nitro groups is 1. The van der Waals surface area contributed by atoms with Crippen molar-refractivity contribution in [2.24, 2.45) is 0 Å². The zero-order valence-electron chi connectivity index (χ0n) is 18.4. The quantitative estimate of drug-likeness (QED) is 0.188. The lowest BCUT2D eigenvalue weighted by atomic mass is 10.1. The van der Waals surface area contributed by atoms with Gasteiger partial charge in [-0.3, -0.25) is 19.7 Å². The number of aryl methyl sites for hydroxylation is 1. The average Bonchev–Trinajstić information content (AvgIpc) is 3.14. The number of anilines is 1. The van der Waals surface area contributed by atoms with Crippen LogP contribution in [0.15, 0.2) is 76.0 Å². The number of carbonyl (C=O) groups is 2. The van der Waals surface area contributed by atoms with E-state index in [1.807, 2.05) is 0 Å². The molecular weight excluding hydrogens is 496 g/mol. The Labute approximate surface area is 204 Å². The maximum atomic E-state index is 13.7. The number of non-ortho nitro benzene ring substituents is 1. The van der Waals surface area contributed by atoms with Crippen LogP contribution in [0, 0.1) is 17.0 Å². The third-order valence-electron chi connectivity index (χ3n) is 5.27. The molecule has 178 valence electrons. The van der Waals surface area contributed by atoms with Crippen molar-refractivity contribution in [3.8, 4) is 0 Å². The lowest BCUT2D eigenvalue weighted by Crippen LogP contribution is -2.37. The minimum Gasteiger partial charge on any atom is -0.461 e. The maximum Gasteiger partial charge on any atom is 0.272 e. The first-order valence-electron chi connectivity index (χ1n) is 10.1. The molecule has 0 saturated heterocycles. The molecule has 4 aromatic rings. The maximum absolute atomic E-state index is 13.7. The number of benzene rings is 3. The Morgan fingerprint density at radius 2 is 1.71 bits per heavy atom. The third kappa shape index (κ3) is 4.41. The number of nitro benzene ring substituents is 1. The molecule has 0 radical (unpaired) electrons. The molecule has 0 saturated carbocycles. The van der Waals surface area contributed by atoms with Gasteiger partial charge in [-0.1, -0.05) is 17.7 Å². The Balaban J connectivity index is 1.96. The number of nitrogens with zero attached hydrogens (tertiary/aromatic N) is 2. The van der Waals surface area contributed by atoms with Crippen LogP contribution in [0.4, 0.5) is 11.4 Å². The van der Waals surface area contributed by atoms with E-state index < -0.39 is 20.9 Å². The van der Waals surface area contributed by atoms with E-state index in [1.54, 1.807) is 6.92 Å². The first-order chi connectivity index (χ1) is 16.5. The molecule has 0 aliphatic heterocycles. The van der Waals surface area contributed by atoms with Crippen LogP contribution in [0.3, 0.4) is 0 Å². The van der Waals surface area contributed by atoms with E-state index in [4.69, 9.17) is 16.0 Å². The number of Topliss-reactive ketones (excluding diaryl/α,β-unsaturated/α-hetero) is 1. The predicted molar refractivity (Wildman–Crippen MR) is 129 cm³/mol. The van der Waals surface area contributed by atoms with Crippen LogP contribution in [0.1, 0.15) is 33.4 Å². The Morgan fingerprint density at radius 1 is 1.03 bits per heavy atom. The minimum atomic E-state index is -4.51. The number of halogens is 1. The van der Waals surface area contributed by atoms with E-state index in [9.17, 15) is 28.1 Å². The van der Waals surface area contributed by atoms with Crippen LogP contribution in [0.5, 0.6) is 0 Å². The van der Waals surface area contributed by atoms with Crippen molar-refractivity contribution in [1.82, 2.24) is 0 Å². The molecule has 1 aromatic heterocycles. The number of amides is 1. The number of rotatable bonds is 6. The number of carbonyl (C=O) groups excluding carboxylic acids is 2. The second-order valence-electron chi connectivity index (χ2n) is 7.61. The van der Waals surface area contributed by atoms with Gasteiger partial charge < -0.3 is 4.42 Å². The first kappa shape index (κ1) is 24.1. The van der Waals surface area contributed by atoms with Crippen LogP contribution in [-0.2, 0) is 10.0 Å². The molecule has 35 heavy (non-hydrogen) atoms. The first-order valence-corrected chi connectivity index (χ1v) is 12.0. The summed E-state index contributed by atoms with van der Waals surface area (Å²) in [5.41, 5.74) is -0.0738. The second kappa shape index (κ2) is 8.97. The summed E-state index contributed by atoms with van der Waals surface area (Å²) >= 11 is 5.90. The summed E-state index contributed by atoms with van der Waals surface area (Å²) in [6.45, 7) is 2.95. The molecule has 3 aromatic carbocycles. The molecule has 0 bridgehead atoms. The van der Waals surface area contributed by atoms with E-state index in [0.29, 0.717) is 26.1 Å². The monoisotopic (exact) mass is 512 g/mol. The van der Waals surface area contributed by atoms with Gasteiger partial charge >= 0.3 is 0 Å². The van der Waals surface area contributed by atoms with Crippen LogP contribution < -0.4 is 4.31 Å². The molecule has 0 spiro atoms. The van der Waals surface area contributed by atoms with Crippen molar-refractivity contribution < 1.29 is 27.3 Å². The SMILES string of the molecule is CC(=O)c1c(C)oc2ccc(N(C(=O)c3cccc([N+](=O)[O-])c3)S(=O)(=O)c3ccc(Cl)cc3)cc12. The highest BCUT2D eigenvalue weighted by Gasteiger charge is 2.33. The van der Waals surface area contributed by atoms with Gasteiger partial charge in [0.25, 0.3) is 21.6 Å². The number of ketones is 1. The highest BCUT2D eigenvalue weighted by Crippen LogP contribution is 2.33. The van der Waals surface area contributed by atoms with Gasteiger partial charge in [-0.15, -0.1) is 0 Å². The van der Waals surface area contributed by atoms with Crippen molar-refractivity contribution >= 4 is 55.7 Å². The molecule has 0 fully saturated rings. The Bertz CT molecular complexity index is 1610. The van der Waals surface area contributed by atoms with Crippen molar-refractivity contribution in [2.75, 3.05) is 4.31 Å². The van der Waals surface area contributed by atoms with E-state index in [1.165, 1.54) is 67.6 Å². The number of sulfonamides is 1. The summed E-state index contributed by atoms with van der Waals surface area (Å²) in [5.74, 6) is -0.968. The molecule has 11 heteroatoms. The van der Waals surface area contributed by atoms with Gasteiger partial charge in [0.15, 0.2) is 5.78 Å². The highest BCUT2D eigenvalue weighted by atomic mass is 35.5. The van der Waals surface area contributed by atoms with Crippen LogP contribution in [-0.4, -0.2) is 25.0 Å². The van der Waals surface area contributed by atoms with E-state index in [-0.39, 0.29) is 33.2 Å².